The third kappa shape index (κ3) is 4.51. The first kappa shape index (κ1) is 14.4. The van der Waals surface area contributed by atoms with Gasteiger partial charge in [0.2, 0.25) is 0 Å². The topological polar surface area (TPSA) is 30.5 Å². The molecule has 19 heavy (non-hydrogen) atoms. The molecule has 1 unspecified atom stereocenters. The largest absolute Gasteiger partial charge is 0.496 e. The van der Waals surface area contributed by atoms with Gasteiger partial charge in [-0.1, -0.05) is 12.1 Å². The number of aryl methyl sites for hydroxylation is 1. The molecular formula is C16H25NO2. The van der Waals surface area contributed by atoms with E-state index in [0.29, 0.717) is 0 Å². The quantitative estimate of drug-likeness (QED) is 0.731. The molecule has 0 saturated heterocycles. The molecule has 0 amide bonds. The van der Waals surface area contributed by atoms with Crippen LogP contribution in [0.4, 0.5) is 0 Å². The molecule has 3 heteroatoms. The molecule has 0 aromatic heterocycles. The van der Waals surface area contributed by atoms with Crippen LogP contribution < -0.4 is 10.1 Å². The first-order chi connectivity index (χ1) is 9.20. The van der Waals surface area contributed by atoms with Crippen LogP contribution in [0.3, 0.4) is 0 Å². The van der Waals surface area contributed by atoms with E-state index < -0.39 is 0 Å². The van der Waals surface area contributed by atoms with Crippen molar-refractivity contribution in [3.05, 3.63) is 29.3 Å². The fraction of sp³-hybridized carbons (Fsp3) is 0.625. The molecule has 1 aromatic rings. The van der Waals surface area contributed by atoms with Crippen molar-refractivity contribution in [3.63, 3.8) is 0 Å². The zero-order chi connectivity index (χ0) is 13.7. The van der Waals surface area contributed by atoms with E-state index in [1.165, 1.54) is 24.0 Å². The molecule has 1 aliphatic rings. The molecule has 2 rings (SSSR count). The van der Waals surface area contributed by atoms with Crippen molar-refractivity contribution >= 4 is 0 Å². The fourth-order valence-corrected chi connectivity index (χ4v) is 2.17. The van der Waals surface area contributed by atoms with Crippen molar-refractivity contribution in [3.8, 4) is 5.75 Å². The number of nitrogens with one attached hydrogen (secondary N) is 1. The van der Waals surface area contributed by atoms with E-state index in [-0.39, 0.29) is 6.04 Å². The summed E-state index contributed by atoms with van der Waals surface area (Å²) in [4.78, 5) is 0. The van der Waals surface area contributed by atoms with Crippen LogP contribution in [0, 0.1) is 12.8 Å². The van der Waals surface area contributed by atoms with Gasteiger partial charge in [0, 0.05) is 24.8 Å². The highest BCUT2D eigenvalue weighted by molar-refractivity contribution is 5.38. The van der Waals surface area contributed by atoms with Crippen LogP contribution in [0.1, 0.15) is 36.9 Å². The molecular weight excluding hydrogens is 238 g/mol. The second-order valence-corrected chi connectivity index (χ2v) is 5.44. The number of hydrogen-bond donors (Lipinski definition) is 1. The molecule has 106 valence electrons. The van der Waals surface area contributed by atoms with Gasteiger partial charge in [-0.3, -0.25) is 0 Å². The summed E-state index contributed by atoms with van der Waals surface area (Å²) in [6.45, 7) is 6.84. The Bertz CT molecular complexity index is 402. The summed E-state index contributed by atoms with van der Waals surface area (Å²) in [5, 5.41) is 3.48. The SMILES string of the molecule is COc1cc(C)ccc1C(C)NCCOCC1CC1. The number of ether oxygens (including phenoxy) is 2. The van der Waals surface area contributed by atoms with Crippen LogP contribution in [-0.4, -0.2) is 26.9 Å². The third-order valence-electron chi connectivity index (χ3n) is 3.60. The molecule has 0 heterocycles. The Morgan fingerprint density at radius 3 is 2.84 bits per heavy atom. The molecule has 0 aliphatic heterocycles. The van der Waals surface area contributed by atoms with E-state index in [1.54, 1.807) is 7.11 Å². The Hall–Kier alpha value is -1.06. The molecule has 1 fully saturated rings. The van der Waals surface area contributed by atoms with E-state index in [4.69, 9.17) is 9.47 Å². The molecule has 1 saturated carbocycles. The van der Waals surface area contributed by atoms with Crippen LogP contribution in [0.15, 0.2) is 18.2 Å². The molecule has 1 aliphatic carbocycles. The lowest BCUT2D eigenvalue weighted by Gasteiger charge is -2.18. The van der Waals surface area contributed by atoms with Crippen LogP contribution in [0.5, 0.6) is 5.75 Å². The summed E-state index contributed by atoms with van der Waals surface area (Å²) in [5.74, 6) is 1.80. The predicted molar refractivity (Wildman–Crippen MR) is 77.7 cm³/mol. The molecule has 0 spiro atoms. The Balaban J connectivity index is 1.76. The van der Waals surface area contributed by atoms with E-state index in [2.05, 4.69) is 37.4 Å². The van der Waals surface area contributed by atoms with Crippen molar-refractivity contribution in [2.45, 2.75) is 32.7 Å². The van der Waals surface area contributed by atoms with Gasteiger partial charge in [-0.15, -0.1) is 0 Å². The van der Waals surface area contributed by atoms with Gasteiger partial charge in [-0.2, -0.15) is 0 Å². The van der Waals surface area contributed by atoms with Crippen LogP contribution >= 0.6 is 0 Å². The van der Waals surface area contributed by atoms with E-state index >= 15 is 0 Å². The maximum atomic E-state index is 5.63. The van der Waals surface area contributed by atoms with Gasteiger partial charge in [-0.25, -0.2) is 0 Å². The van der Waals surface area contributed by atoms with Crippen molar-refractivity contribution in [1.29, 1.82) is 0 Å². The zero-order valence-corrected chi connectivity index (χ0v) is 12.2. The van der Waals surface area contributed by atoms with Gasteiger partial charge >= 0.3 is 0 Å². The minimum absolute atomic E-state index is 0.278. The Kier molecular flexibility index (Phi) is 5.23. The monoisotopic (exact) mass is 263 g/mol. The van der Waals surface area contributed by atoms with Gasteiger partial charge in [0.15, 0.2) is 0 Å². The normalized spacial score (nSPS) is 16.4. The summed E-state index contributed by atoms with van der Waals surface area (Å²) < 4.78 is 11.1. The lowest BCUT2D eigenvalue weighted by Crippen LogP contribution is -2.24. The molecule has 1 atom stereocenters. The van der Waals surface area contributed by atoms with Gasteiger partial charge in [0.05, 0.1) is 13.7 Å². The lowest BCUT2D eigenvalue weighted by molar-refractivity contribution is 0.124. The molecule has 1 N–H and O–H groups in total. The average Bonchev–Trinajstić information content (AvgIpc) is 3.22. The molecule has 0 radical (unpaired) electrons. The lowest BCUT2D eigenvalue weighted by atomic mass is 10.1. The summed E-state index contributed by atoms with van der Waals surface area (Å²) in [7, 11) is 1.73. The fourth-order valence-electron chi connectivity index (χ4n) is 2.17. The number of methoxy groups -OCH3 is 1. The van der Waals surface area contributed by atoms with Gasteiger partial charge in [-0.05, 0) is 44.2 Å². The highest BCUT2D eigenvalue weighted by Crippen LogP contribution is 2.28. The van der Waals surface area contributed by atoms with Crippen molar-refractivity contribution in [2.75, 3.05) is 26.9 Å². The zero-order valence-electron chi connectivity index (χ0n) is 12.2. The first-order valence-corrected chi connectivity index (χ1v) is 7.16. The molecule has 1 aromatic carbocycles. The molecule has 3 nitrogen and oxygen atoms in total. The van der Waals surface area contributed by atoms with Gasteiger partial charge < -0.3 is 14.8 Å². The van der Waals surface area contributed by atoms with Crippen molar-refractivity contribution in [1.82, 2.24) is 5.32 Å². The van der Waals surface area contributed by atoms with Crippen LogP contribution in [-0.2, 0) is 4.74 Å². The third-order valence-corrected chi connectivity index (χ3v) is 3.60. The number of hydrogen-bond acceptors (Lipinski definition) is 3. The van der Waals surface area contributed by atoms with E-state index in [9.17, 15) is 0 Å². The highest BCUT2D eigenvalue weighted by Gasteiger charge is 2.20. The second-order valence-electron chi connectivity index (χ2n) is 5.44. The smallest absolute Gasteiger partial charge is 0.123 e. The summed E-state index contributed by atoms with van der Waals surface area (Å²) in [6.07, 6.45) is 2.70. The predicted octanol–water partition coefficient (Wildman–Crippen LogP) is 3.08. The van der Waals surface area contributed by atoms with Crippen LogP contribution in [0.25, 0.3) is 0 Å². The maximum Gasteiger partial charge on any atom is 0.123 e. The van der Waals surface area contributed by atoms with Gasteiger partial charge in [0.25, 0.3) is 0 Å². The highest BCUT2D eigenvalue weighted by atomic mass is 16.5. The van der Waals surface area contributed by atoms with E-state index in [0.717, 1.165) is 31.4 Å². The Labute approximate surface area is 116 Å². The summed E-state index contributed by atoms with van der Waals surface area (Å²) >= 11 is 0. The number of benzene rings is 1. The second kappa shape index (κ2) is 6.92. The first-order valence-electron chi connectivity index (χ1n) is 7.16. The Morgan fingerprint density at radius 2 is 2.16 bits per heavy atom. The standard InChI is InChI=1S/C16H25NO2/c1-12-4-7-15(16(10-12)18-3)13(2)17-8-9-19-11-14-5-6-14/h4,7,10,13-14,17H,5-6,8-9,11H2,1-3H3. The summed E-state index contributed by atoms with van der Waals surface area (Å²) in [6, 6.07) is 6.62. The number of rotatable bonds is 8. The van der Waals surface area contributed by atoms with Gasteiger partial charge in [0.1, 0.15) is 5.75 Å². The van der Waals surface area contributed by atoms with E-state index in [1.807, 2.05) is 0 Å². The van der Waals surface area contributed by atoms with Crippen LogP contribution in [0.2, 0.25) is 0 Å². The minimum atomic E-state index is 0.278. The average molecular weight is 263 g/mol. The van der Waals surface area contributed by atoms with Crippen molar-refractivity contribution < 1.29 is 9.47 Å². The maximum absolute atomic E-state index is 5.63. The summed E-state index contributed by atoms with van der Waals surface area (Å²) in [5.41, 5.74) is 2.43. The van der Waals surface area contributed by atoms with Crippen molar-refractivity contribution in [2.24, 2.45) is 5.92 Å². The minimum Gasteiger partial charge on any atom is -0.496 e. The Morgan fingerprint density at radius 1 is 1.37 bits per heavy atom. The molecule has 0 bridgehead atoms.